The zero-order valence-corrected chi connectivity index (χ0v) is 9.87. The number of carbonyl (C=O) groups is 1. The van der Waals surface area contributed by atoms with E-state index in [0.717, 1.165) is 17.3 Å². The summed E-state index contributed by atoms with van der Waals surface area (Å²) in [5.74, 6) is 0.368. The summed E-state index contributed by atoms with van der Waals surface area (Å²) in [5, 5.41) is 0. The highest BCUT2D eigenvalue weighted by Gasteiger charge is 2.51. The van der Waals surface area contributed by atoms with Gasteiger partial charge in [0.25, 0.3) is 0 Å². The van der Waals surface area contributed by atoms with Crippen LogP contribution in [0.15, 0.2) is 16.7 Å². The van der Waals surface area contributed by atoms with Gasteiger partial charge in [-0.2, -0.15) is 0 Å². The van der Waals surface area contributed by atoms with Crippen LogP contribution in [0.25, 0.3) is 0 Å². The molecule has 4 nitrogen and oxygen atoms in total. The first-order chi connectivity index (χ1) is 7.10. The van der Waals surface area contributed by atoms with Crippen molar-refractivity contribution in [3.05, 3.63) is 22.4 Å². The lowest BCUT2D eigenvalue weighted by Gasteiger charge is -2.12. The van der Waals surface area contributed by atoms with E-state index in [9.17, 15) is 4.79 Å². The molecule has 0 saturated heterocycles. The smallest absolute Gasteiger partial charge is 0.229 e. The first-order valence-corrected chi connectivity index (χ1v) is 5.39. The van der Waals surface area contributed by atoms with E-state index in [2.05, 4.69) is 20.9 Å². The van der Waals surface area contributed by atoms with Crippen molar-refractivity contribution in [1.29, 1.82) is 0 Å². The van der Waals surface area contributed by atoms with Crippen LogP contribution in [0.1, 0.15) is 18.5 Å². The van der Waals surface area contributed by atoms with Gasteiger partial charge in [-0.25, -0.2) is 0 Å². The molecule has 0 aromatic carbocycles. The number of pyridine rings is 1. The summed E-state index contributed by atoms with van der Waals surface area (Å²) in [5.41, 5.74) is 5.52. The van der Waals surface area contributed by atoms with Crippen LogP contribution in [0, 0.1) is 0 Å². The van der Waals surface area contributed by atoms with Gasteiger partial charge in [-0.05, 0) is 28.8 Å². The van der Waals surface area contributed by atoms with Gasteiger partial charge in [0.05, 0.1) is 22.7 Å². The van der Waals surface area contributed by atoms with Gasteiger partial charge in [0.1, 0.15) is 5.75 Å². The van der Waals surface area contributed by atoms with Crippen molar-refractivity contribution in [2.24, 2.45) is 5.73 Å². The van der Waals surface area contributed by atoms with E-state index in [1.54, 1.807) is 19.4 Å². The van der Waals surface area contributed by atoms with Crippen LogP contribution in [0.3, 0.4) is 0 Å². The van der Waals surface area contributed by atoms with Crippen molar-refractivity contribution in [3.8, 4) is 5.75 Å². The van der Waals surface area contributed by atoms with Crippen molar-refractivity contribution >= 4 is 21.8 Å². The Morgan fingerprint density at radius 3 is 2.80 bits per heavy atom. The molecule has 1 fully saturated rings. The van der Waals surface area contributed by atoms with Crippen LogP contribution in [-0.2, 0) is 10.2 Å². The molecule has 0 radical (unpaired) electrons. The number of ether oxygens (including phenoxy) is 1. The van der Waals surface area contributed by atoms with E-state index < -0.39 is 5.41 Å². The molecule has 1 aromatic heterocycles. The van der Waals surface area contributed by atoms with Gasteiger partial charge in [0.2, 0.25) is 5.91 Å². The number of carbonyl (C=O) groups excluding carboxylic acids is 1. The van der Waals surface area contributed by atoms with E-state index in [0.29, 0.717) is 11.4 Å². The number of primary amides is 1. The average molecular weight is 271 g/mol. The van der Waals surface area contributed by atoms with Crippen molar-refractivity contribution in [3.63, 3.8) is 0 Å². The summed E-state index contributed by atoms with van der Waals surface area (Å²) in [7, 11) is 1.58. The molecule has 80 valence electrons. The third-order valence-corrected chi connectivity index (χ3v) is 3.35. The maximum Gasteiger partial charge on any atom is 0.229 e. The molecule has 5 heteroatoms. The van der Waals surface area contributed by atoms with Crippen LogP contribution in [-0.4, -0.2) is 18.0 Å². The third kappa shape index (κ3) is 1.61. The Bertz CT molecular complexity index is 416. The van der Waals surface area contributed by atoms with E-state index in [4.69, 9.17) is 10.5 Å². The van der Waals surface area contributed by atoms with Gasteiger partial charge >= 0.3 is 0 Å². The van der Waals surface area contributed by atoms with Crippen molar-refractivity contribution in [1.82, 2.24) is 4.98 Å². The van der Waals surface area contributed by atoms with E-state index >= 15 is 0 Å². The van der Waals surface area contributed by atoms with Crippen LogP contribution in [0.2, 0.25) is 0 Å². The Hall–Kier alpha value is -1.10. The quantitative estimate of drug-likeness (QED) is 0.902. The van der Waals surface area contributed by atoms with Crippen molar-refractivity contribution in [2.45, 2.75) is 18.3 Å². The zero-order valence-electron chi connectivity index (χ0n) is 8.29. The summed E-state index contributed by atoms with van der Waals surface area (Å²) in [4.78, 5) is 15.5. The highest BCUT2D eigenvalue weighted by Crippen LogP contribution is 2.48. The van der Waals surface area contributed by atoms with Gasteiger partial charge in [-0.3, -0.25) is 9.78 Å². The van der Waals surface area contributed by atoms with Crippen LogP contribution >= 0.6 is 15.9 Å². The number of aromatic nitrogens is 1. The number of nitrogens with two attached hydrogens (primary N) is 1. The molecule has 2 N–H and O–H groups in total. The van der Waals surface area contributed by atoms with Gasteiger partial charge in [-0.15, -0.1) is 0 Å². The normalized spacial score (nSPS) is 17.2. The summed E-state index contributed by atoms with van der Waals surface area (Å²) < 4.78 is 5.92. The molecular weight excluding hydrogens is 260 g/mol. The summed E-state index contributed by atoms with van der Waals surface area (Å²) >= 11 is 3.31. The highest BCUT2D eigenvalue weighted by atomic mass is 79.9. The van der Waals surface area contributed by atoms with Crippen LogP contribution in [0.4, 0.5) is 0 Å². The van der Waals surface area contributed by atoms with Crippen LogP contribution in [0.5, 0.6) is 5.75 Å². The first kappa shape index (κ1) is 10.4. The Morgan fingerprint density at radius 2 is 2.33 bits per heavy atom. The lowest BCUT2D eigenvalue weighted by Crippen LogP contribution is -2.29. The van der Waals surface area contributed by atoms with Crippen LogP contribution < -0.4 is 10.5 Å². The molecule has 2 rings (SSSR count). The van der Waals surface area contributed by atoms with Crippen molar-refractivity contribution in [2.75, 3.05) is 7.11 Å². The third-order valence-electron chi connectivity index (χ3n) is 2.75. The van der Waals surface area contributed by atoms with Gasteiger partial charge in [0.15, 0.2) is 0 Å². The number of rotatable bonds is 3. The van der Waals surface area contributed by atoms with Gasteiger partial charge in [-0.1, -0.05) is 0 Å². The fourth-order valence-corrected chi connectivity index (χ4v) is 1.97. The van der Waals surface area contributed by atoms with Crippen molar-refractivity contribution < 1.29 is 9.53 Å². The highest BCUT2D eigenvalue weighted by molar-refractivity contribution is 9.10. The summed E-state index contributed by atoms with van der Waals surface area (Å²) in [6.07, 6.45) is 3.19. The molecule has 1 aromatic rings. The van der Waals surface area contributed by atoms with E-state index in [1.807, 2.05) is 0 Å². The van der Waals surface area contributed by atoms with Gasteiger partial charge < -0.3 is 10.5 Å². The Balaban J connectivity index is 2.42. The average Bonchev–Trinajstić information content (AvgIpc) is 2.99. The monoisotopic (exact) mass is 270 g/mol. The molecule has 1 aliphatic carbocycles. The van der Waals surface area contributed by atoms with E-state index in [1.165, 1.54) is 0 Å². The molecule has 1 saturated carbocycles. The number of hydrogen-bond donors (Lipinski definition) is 1. The Labute approximate surface area is 96.0 Å². The standard InChI is InChI=1S/C10H11BrN2O2/c1-15-7-4-8(13-5-6(7)11)10(2-3-10)9(12)14/h4-5H,2-3H2,1H3,(H2,12,14). The molecule has 1 heterocycles. The molecule has 0 spiro atoms. The fraction of sp³-hybridized carbons (Fsp3) is 0.400. The molecule has 1 aliphatic rings. The number of hydrogen-bond acceptors (Lipinski definition) is 3. The predicted octanol–water partition coefficient (Wildman–Crippen LogP) is 1.37. The molecule has 0 atom stereocenters. The fourth-order valence-electron chi connectivity index (χ4n) is 1.59. The lowest BCUT2D eigenvalue weighted by atomic mass is 10.0. The maximum atomic E-state index is 11.3. The summed E-state index contributed by atoms with van der Waals surface area (Å²) in [6.45, 7) is 0. The molecule has 1 amide bonds. The minimum absolute atomic E-state index is 0.306. The number of halogens is 1. The number of amides is 1. The topological polar surface area (TPSA) is 65.2 Å². The number of methoxy groups -OCH3 is 1. The SMILES string of the molecule is COc1cc(C2(C(N)=O)CC2)ncc1Br. The zero-order chi connectivity index (χ0) is 11.1. The maximum absolute atomic E-state index is 11.3. The molecule has 15 heavy (non-hydrogen) atoms. The number of nitrogens with zero attached hydrogens (tertiary/aromatic N) is 1. The predicted molar refractivity (Wildman–Crippen MR) is 58.6 cm³/mol. The minimum atomic E-state index is -0.548. The molecule has 0 unspecified atom stereocenters. The molecular formula is C10H11BrN2O2. The van der Waals surface area contributed by atoms with Gasteiger partial charge in [0, 0.05) is 12.3 Å². The van der Waals surface area contributed by atoms with E-state index in [-0.39, 0.29) is 5.91 Å². The largest absolute Gasteiger partial charge is 0.495 e. The lowest BCUT2D eigenvalue weighted by molar-refractivity contribution is -0.120. The molecule has 0 aliphatic heterocycles. The first-order valence-electron chi connectivity index (χ1n) is 4.60. The molecule has 0 bridgehead atoms. The second-order valence-electron chi connectivity index (χ2n) is 3.65. The second kappa shape index (κ2) is 3.48. The minimum Gasteiger partial charge on any atom is -0.495 e. The summed E-state index contributed by atoms with van der Waals surface area (Å²) in [6, 6.07) is 1.77. The second-order valence-corrected chi connectivity index (χ2v) is 4.50. The Morgan fingerprint density at radius 1 is 1.67 bits per heavy atom. The Kier molecular flexibility index (Phi) is 2.42.